The Morgan fingerprint density at radius 2 is 1.76 bits per heavy atom. The van der Waals surface area contributed by atoms with Crippen molar-refractivity contribution in [1.82, 2.24) is 0 Å². The summed E-state index contributed by atoms with van der Waals surface area (Å²) in [6.45, 7) is 0. The van der Waals surface area contributed by atoms with Gasteiger partial charge < -0.3 is 9.47 Å². The Bertz CT molecular complexity index is 632. The molecule has 2 aromatic rings. The van der Waals surface area contributed by atoms with Crippen LogP contribution in [0.15, 0.2) is 40.9 Å². The standard InChI is InChI=1S/C16H15Br2FO2/c1-20-15-6-3-10(8-16(15)21-2)7-13(18)12-5-4-11(17)9-14(12)19/h3-6,8-9,13H,7H2,1-2H3. The first-order valence-corrected chi connectivity index (χ1v) is 8.06. The fourth-order valence-electron chi connectivity index (χ4n) is 2.08. The molecule has 0 fully saturated rings. The predicted octanol–water partition coefficient (Wildman–Crippen LogP) is 5.28. The summed E-state index contributed by atoms with van der Waals surface area (Å²) in [5.74, 6) is 1.12. The van der Waals surface area contributed by atoms with Crippen molar-refractivity contribution in [3.8, 4) is 11.5 Å². The first kappa shape index (κ1) is 16.3. The molecule has 5 heteroatoms. The fourth-order valence-corrected chi connectivity index (χ4v) is 3.16. The monoisotopic (exact) mass is 416 g/mol. The van der Waals surface area contributed by atoms with Gasteiger partial charge in [0, 0.05) is 14.9 Å². The van der Waals surface area contributed by atoms with E-state index in [1.165, 1.54) is 6.07 Å². The maximum absolute atomic E-state index is 14.0. The van der Waals surface area contributed by atoms with Crippen molar-refractivity contribution < 1.29 is 13.9 Å². The molecule has 0 N–H and O–H groups in total. The van der Waals surface area contributed by atoms with Crippen LogP contribution < -0.4 is 9.47 Å². The van der Waals surface area contributed by atoms with Crippen LogP contribution in [0.2, 0.25) is 0 Å². The van der Waals surface area contributed by atoms with Gasteiger partial charge in [-0.05, 0) is 36.2 Å². The molecule has 0 aromatic heterocycles. The van der Waals surface area contributed by atoms with Gasteiger partial charge in [0.2, 0.25) is 0 Å². The largest absolute Gasteiger partial charge is 0.493 e. The Morgan fingerprint density at radius 1 is 1.05 bits per heavy atom. The lowest BCUT2D eigenvalue weighted by Crippen LogP contribution is -2.00. The van der Waals surface area contributed by atoms with Gasteiger partial charge in [0.1, 0.15) is 5.82 Å². The maximum atomic E-state index is 14.0. The van der Waals surface area contributed by atoms with Crippen LogP contribution in [0, 0.1) is 5.82 Å². The molecule has 0 radical (unpaired) electrons. The average Bonchev–Trinajstić information content (AvgIpc) is 2.46. The molecule has 1 unspecified atom stereocenters. The second-order valence-corrected chi connectivity index (χ2v) is 6.55. The van der Waals surface area contributed by atoms with Gasteiger partial charge in [-0.15, -0.1) is 0 Å². The molecular formula is C16H15Br2FO2. The van der Waals surface area contributed by atoms with Crippen molar-refractivity contribution in [3.63, 3.8) is 0 Å². The first-order chi connectivity index (χ1) is 10.0. The molecule has 21 heavy (non-hydrogen) atoms. The van der Waals surface area contributed by atoms with Gasteiger partial charge in [-0.25, -0.2) is 4.39 Å². The van der Waals surface area contributed by atoms with Crippen LogP contribution in [0.3, 0.4) is 0 Å². The Balaban J connectivity index is 2.21. The summed E-state index contributed by atoms with van der Waals surface area (Å²) in [5, 5.41) is 0. The van der Waals surface area contributed by atoms with Crippen LogP contribution in [0.4, 0.5) is 4.39 Å². The van der Waals surface area contributed by atoms with E-state index in [0.717, 1.165) is 10.0 Å². The highest BCUT2D eigenvalue weighted by Gasteiger charge is 2.15. The number of rotatable bonds is 5. The first-order valence-electron chi connectivity index (χ1n) is 6.35. The zero-order chi connectivity index (χ0) is 15.4. The molecule has 0 saturated carbocycles. The fraction of sp³-hybridized carbons (Fsp3) is 0.250. The smallest absolute Gasteiger partial charge is 0.160 e. The minimum Gasteiger partial charge on any atom is -0.493 e. The summed E-state index contributed by atoms with van der Waals surface area (Å²) in [5.41, 5.74) is 1.67. The molecule has 0 aliphatic heterocycles. The summed E-state index contributed by atoms with van der Waals surface area (Å²) in [6, 6.07) is 10.8. The maximum Gasteiger partial charge on any atom is 0.160 e. The van der Waals surface area contributed by atoms with Gasteiger partial charge in [-0.1, -0.05) is 44.0 Å². The number of hydrogen-bond acceptors (Lipinski definition) is 2. The lowest BCUT2D eigenvalue weighted by atomic mass is 10.0. The third-order valence-corrected chi connectivity index (χ3v) is 4.47. The van der Waals surface area contributed by atoms with Crippen molar-refractivity contribution in [1.29, 1.82) is 0 Å². The normalized spacial score (nSPS) is 12.0. The number of methoxy groups -OCH3 is 2. The van der Waals surface area contributed by atoms with Crippen molar-refractivity contribution >= 4 is 31.9 Å². The molecule has 0 saturated heterocycles. The predicted molar refractivity (Wildman–Crippen MR) is 89.0 cm³/mol. The molecule has 0 amide bonds. The van der Waals surface area contributed by atoms with E-state index in [-0.39, 0.29) is 10.6 Å². The molecule has 0 bridgehead atoms. The second kappa shape index (κ2) is 7.27. The van der Waals surface area contributed by atoms with Gasteiger partial charge in [0.25, 0.3) is 0 Å². The van der Waals surface area contributed by atoms with Gasteiger partial charge in [0.05, 0.1) is 14.2 Å². The zero-order valence-corrected chi connectivity index (χ0v) is 14.9. The van der Waals surface area contributed by atoms with Crippen LogP contribution >= 0.6 is 31.9 Å². The van der Waals surface area contributed by atoms with E-state index >= 15 is 0 Å². The molecule has 1 atom stereocenters. The van der Waals surface area contributed by atoms with Crippen LogP contribution in [-0.2, 0) is 6.42 Å². The highest BCUT2D eigenvalue weighted by molar-refractivity contribution is 9.10. The molecule has 0 aliphatic rings. The average molecular weight is 418 g/mol. The summed E-state index contributed by atoms with van der Waals surface area (Å²) < 4.78 is 25.2. The van der Waals surface area contributed by atoms with E-state index in [1.54, 1.807) is 20.3 Å². The molecule has 2 aromatic carbocycles. The summed E-state index contributed by atoms with van der Waals surface area (Å²) >= 11 is 6.81. The Kier molecular flexibility index (Phi) is 5.65. The summed E-state index contributed by atoms with van der Waals surface area (Å²) in [6.07, 6.45) is 0.652. The van der Waals surface area contributed by atoms with Crippen molar-refractivity contribution in [2.45, 2.75) is 11.2 Å². The highest BCUT2D eigenvalue weighted by atomic mass is 79.9. The van der Waals surface area contributed by atoms with Crippen molar-refractivity contribution in [3.05, 3.63) is 57.8 Å². The lowest BCUT2D eigenvalue weighted by molar-refractivity contribution is 0.354. The van der Waals surface area contributed by atoms with Crippen molar-refractivity contribution in [2.24, 2.45) is 0 Å². The van der Waals surface area contributed by atoms with Crippen LogP contribution in [-0.4, -0.2) is 14.2 Å². The van der Waals surface area contributed by atoms with Gasteiger partial charge in [0.15, 0.2) is 11.5 Å². The molecule has 112 valence electrons. The van der Waals surface area contributed by atoms with Gasteiger partial charge >= 0.3 is 0 Å². The molecule has 0 spiro atoms. The molecule has 2 rings (SSSR count). The van der Waals surface area contributed by atoms with E-state index < -0.39 is 0 Å². The van der Waals surface area contributed by atoms with E-state index in [2.05, 4.69) is 31.9 Å². The third-order valence-electron chi connectivity index (χ3n) is 3.16. The Morgan fingerprint density at radius 3 is 2.38 bits per heavy atom. The van der Waals surface area contributed by atoms with Crippen LogP contribution in [0.1, 0.15) is 16.0 Å². The van der Waals surface area contributed by atoms with E-state index in [0.29, 0.717) is 23.5 Å². The minimum absolute atomic E-state index is 0.108. The number of alkyl halides is 1. The van der Waals surface area contributed by atoms with Crippen LogP contribution in [0.5, 0.6) is 11.5 Å². The topological polar surface area (TPSA) is 18.5 Å². The van der Waals surface area contributed by atoms with Crippen molar-refractivity contribution in [2.75, 3.05) is 14.2 Å². The highest BCUT2D eigenvalue weighted by Crippen LogP contribution is 2.33. The third kappa shape index (κ3) is 3.98. The second-order valence-electron chi connectivity index (χ2n) is 4.53. The Hall–Kier alpha value is -1.07. The number of halogens is 3. The van der Waals surface area contributed by atoms with E-state index in [9.17, 15) is 4.39 Å². The van der Waals surface area contributed by atoms with E-state index in [4.69, 9.17) is 9.47 Å². The van der Waals surface area contributed by atoms with E-state index in [1.807, 2.05) is 24.3 Å². The van der Waals surface area contributed by atoms with Gasteiger partial charge in [-0.3, -0.25) is 0 Å². The summed E-state index contributed by atoms with van der Waals surface area (Å²) in [7, 11) is 3.20. The van der Waals surface area contributed by atoms with Crippen LogP contribution in [0.25, 0.3) is 0 Å². The van der Waals surface area contributed by atoms with Gasteiger partial charge in [-0.2, -0.15) is 0 Å². The Labute approximate surface area is 140 Å². The molecule has 0 aliphatic carbocycles. The number of hydrogen-bond donors (Lipinski definition) is 0. The molecular weight excluding hydrogens is 403 g/mol. The summed E-state index contributed by atoms with van der Waals surface area (Å²) in [4.78, 5) is -0.108. The lowest BCUT2D eigenvalue weighted by Gasteiger charge is -2.14. The molecule has 0 heterocycles. The number of benzene rings is 2. The molecule has 2 nitrogen and oxygen atoms in total. The SMILES string of the molecule is COc1ccc(CC(Br)c2ccc(Br)cc2F)cc1OC. The zero-order valence-electron chi connectivity index (χ0n) is 11.7. The quantitative estimate of drug-likeness (QED) is 0.615. The minimum atomic E-state index is -0.230. The number of ether oxygens (including phenoxy) is 2.